The van der Waals surface area contributed by atoms with Gasteiger partial charge in [-0.3, -0.25) is 9.97 Å². The molecule has 8 heteroatoms. The van der Waals surface area contributed by atoms with Crippen LogP contribution in [-0.2, 0) is 5.41 Å². The molecule has 0 aliphatic carbocycles. The van der Waals surface area contributed by atoms with Gasteiger partial charge in [0.25, 0.3) is 0 Å². The van der Waals surface area contributed by atoms with Gasteiger partial charge in [0.1, 0.15) is 0 Å². The van der Waals surface area contributed by atoms with Gasteiger partial charge in [0.05, 0.1) is 34.0 Å². The third kappa shape index (κ3) is 4.71. The van der Waals surface area contributed by atoms with Crippen molar-refractivity contribution in [2.75, 3.05) is 0 Å². The highest BCUT2D eigenvalue weighted by Gasteiger charge is 2.47. The van der Waals surface area contributed by atoms with Crippen LogP contribution in [0.3, 0.4) is 0 Å². The fraction of sp³-hybridized carbons (Fsp3) is 0.0227. The summed E-state index contributed by atoms with van der Waals surface area (Å²) in [4.78, 5) is 25.1. The van der Waals surface area contributed by atoms with Crippen molar-refractivity contribution in [1.29, 1.82) is 0 Å². The van der Waals surface area contributed by atoms with Gasteiger partial charge in [0.2, 0.25) is 0 Å². The average Bonchev–Trinajstić information content (AvgIpc) is 3.55. The molecule has 5 heterocycles. The van der Waals surface area contributed by atoms with Crippen LogP contribution in [0.2, 0.25) is 0 Å². The Morgan fingerprint density at radius 2 is 1.08 bits per heavy atom. The minimum Gasteiger partial charge on any atom is -0.305 e. The maximum absolute atomic E-state index is 5.29. The van der Waals surface area contributed by atoms with Crippen LogP contribution in [0, 0.1) is 0 Å². The number of pyridine rings is 2. The van der Waals surface area contributed by atoms with E-state index in [1.54, 1.807) is 0 Å². The van der Waals surface area contributed by atoms with E-state index in [2.05, 4.69) is 120 Å². The van der Waals surface area contributed by atoms with Crippen LogP contribution >= 0.6 is 31.9 Å². The second-order valence-electron chi connectivity index (χ2n) is 12.8. The molecule has 4 aromatic heterocycles. The van der Waals surface area contributed by atoms with E-state index < -0.39 is 5.41 Å². The number of nitrogens with zero attached hydrogens (tertiary/aromatic N) is 6. The Morgan fingerprint density at radius 3 is 1.67 bits per heavy atom. The van der Waals surface area contributed by atoms with Gasteiger partial charge in [0, 0.05) is 48.8 Å². The summed E-state index contributed by atoms with van der Waals surface area (Å²) < 4.78 is 4.34. The van der Waals surface area contributed by atoms with Gasteiger partial charge in [-0.15, -0.1) is 0 Å². The molecule has 0 atom stereocenters. The molecule has 0 fully saturated rings. The van der Waals surface area contributed by atoms with E-state index in [9.17, 15) is 0 Å². The number of rotatable bonds is 5. The second kappa shape index (κ2) is 12.1. The molecular formula is C44H26Br2N6. The second-order valence-corrected chi connectivity index (χ2v) is 14.6. The van der Waals surface area contributed by atoms with Crippen LogP contribution in [0.15, 0.2) is 167 Å². The zero-order chi connectivity index (χ0) is 34.8. The third-order valence-corrected chi connectivity index (χ3v) is 11.0. The highest BCUT2D eigenvalue weighted by molar-refractivity contribution is 9.10. The van der Waals surface area contributed by atoms with Crippen molar-refractivity contribution >= 4 is 53.7 Å². The molecule has 0 bridgehead atoms. The lowest BCUT2D eigenvalue weighted by atomic mass is 9.64. The van der Waals surface area contributed by atoms with Crippen molar-refractivity contribution in [3.05, 3.63) is 189 Å². The van der Waals surface area contributed by atoms with Crippen LogP contribution in [-0.4, -0.2) is 29.5 Å². The summed E-state index contributed by atoms with van der Waals surface area (Å²) >= 11 is 7.40. The van der Waals surface area contributed by atoms with E-state index in [1.807, 2.05) is 79.3 Å². The van der Waals surface area contributed by atoms with Crippen LogP contribution in [0.4, 0.5) is 0 Å². The first-order valence-corrected chi connectivity index (χ1v) is 18.5. The van der Waals surface area contributed by atoms with Gasteiger partial charge in [-0.2, -0.15) is 0 Å². The Bertz CT molecular complexity index is 2700. The summed E-state index contributed by atoms with van der Waals surface area (Å²) in [5, 5.41) is 2.26. The number of hydrogen-bond donors (Lipinski definition) is 0. The van der Waals surface area contributed by atoms with Crippen LogP contribution < -0.4 is 0 Å². The molecule has 0 spiro atoms. The Hall–Kier alpha value is -5.83. The summed E-state index contributed by atoms with van der Waals surface area (Å²) in [6, 6.07) is 48.2. The van der Waals surface area contributed by atoms with Gasteiger partial charge >= 0.3 is 0 Å². The summed E-state index contributed by atoms with van der Waals surface area (Å²) in [6.45, 7) is 0. The number of halogens is 2. The maximum Gasteiger partial charge on any atom is 0.164 e. The van der Waals surface area contributed by atoms with E-state index in [0.29, 0.717) is 17.5 Å². The molecule has 52 heavy (non-hydrogen) atoms. The molecule has 6 nitrogen and oxygen atoms in total. The molecule has 0 N–H and O–H groups in total. The van der Waals surface area contributed by atoms with E-state index in [4.69, 9.17) is 19.9 Å². The average molecular weight is 799 g/mol. The van der Waals surface area contributed by atoms with Crippen LogP contribution in [0.1, 0.15) is 22.4 Å². The standard InChI is InChI=1S/C44H26Br2N6/c45-32-16-12-30(13-17-32)44(31-14-18-33(46)19-15-31)36-25-29(11-20-37(36)52-38-26-47-23-21-34(38)35-22-24-48-40(44)39(35)52)43-50-41(27-7-3-1-4-8-27)49-42(51-43)28-9-5-2-6-10-28/h1-26H. The quantitative estimate of drug-likeness (QED) is 0.173. The molecule has 0 radical (unpaired) electrons. The molecule has 1 aliphatic rings. The molecule has 0 saturated heterocycles. The Morgan fingerprint density at radius 1 is 0.519 bits per heavy atom. The molecule has 1 aliphatic heterocycles. The van der Waals surface area contributed by atoms with E-state index in [1.165, 1.54) is 0 Å². The normalized spacial score (nSPS) is 13.0. The highest BCUT2D eigenvalue weighted by atomic mass is 79.9. The number of aromatic nitrogens is 6. The minimum absolute atomic E-state index is 0.590. The molecule has 0 saturated carbocycles. The van der Waals surface area contributed by atoms with E-state index in [-0.39, 0.29) is 0 Å². The topological polar surface area (TPSA) is 69.4 Å². The van der Waals surface area contributed by atoms with Crippen LogP contribution in [0.5, 0.6) is 0 Å². The first-order chi connectivity index (χ1) is 25.6. The lowest BCUT2D eigenvalue weighted by molar-refractivity contribution is 0.699. The zero-order valence-electron chi connectivity index (χ0n) is 27.5. The summed E-state index contributed by atoms with van der Waals surface area (Å²) in [5.74, 6) is 1.82. The summed E-state index contributed by atoms with van der Waals surface area (Å²) in [5.41, 5.74) is 9.25. The minimum atomic E-state index is -0.804. The zero-order valence-corrected chi connectivity index (χ0v) is 30.6. The Balaban J connectivity index is 1.33. The van der Waals surface area contributed by atoms with Gasteiger partial charge < -0.3 is 4.57 Å². The number of fused-ring (bicyclic) bond motifs is 5. The largest absolute Gasteiger partial charge is 0.305 e. The SMILES string of the molecule is Brc1ccc(C2(c3ccc(Br)cc3)c3cc(-c4nc(-c5ccccc5)nc(-c5ccccc5)n4)ccc3-n3c4cnccc4c4ccnc2c43)cc1. The van der Waals surface area contributed by atoms with Crippen molar-refractivity contribution < 1.29 is 0 Å². The Kier molecular flexibility index (Phi) is 7.23. The first-order valence-electron chi connectivity index (χ1n) is 16.9. The number of hydrogen-bond acceptors (Lipinski definition) is 5. The molecular weight excluding hydrogens is 772 g/mol. The predicted molar refractivity (Wildman–Crippen MR) is 213 cm³/mol. The van der Waals surface area contributed by atoms with Gasteiger partial charge in [-0.1, -0.05) is 117 Å². The fourth-order valence-corrected chi connectivity index (χ4v) is 8.25. The molecule has 0 amide bonds. The van der Waals surface area contributed by atoms with E-state index >= 15 is 0 Å². The van der Waals surface area contributed by atoms with Crippen LogP contribution in [0.25, 0.3) is 61.7 Å². The molecule has 0 unspecified atom stereocenters. The Labute approximate surface area is 316 Å². The van der Waals surface area contributed by atoms with Gasteiger partial charge in [-0.25, -0.2) is 15.0 Å². The highest BCUT2D eigenvalue weighted by Crippen LogP contribution is 2.54. The lowest BCUT2D eigenvalue weighted by Crippen LogP contribution is -2.36. The predicted octanol–water partition coefficient (Wildman–Crippen LogP) is 11.0. The molecule has 5 aromatic carbocycles. The molecule has 10 rings (SSSR count). The van der Waals surface area contributed by atoms with Crippen molar-refractivity contribution in [2.24, 2.45) is 0 Å². The fourth-order valence-electron chi connectivity index (χ4n) is 7.72. The van der Waals surface area contributed by atoms with E-state index in [0.717, 1.165) is 75.5 Å². The summed E-state index contributed by atoms with van der Waals surface area (Å²) in [6.07, 6.45) is 5.75. The first kappa shape index (κ1) is 30.9. The van der Waals surface area contributed by atoms with Crippen molar-refractivity contribution in [1.82, 2.24) is 29.5 Å². The van der Waals surface area contributed by atoms with Gasteiger partial charge in [-0.05, 0) is 71.3 Å². The monoisotopic (exact) mass is 796 g/mol. The molecule has 246 valence electrons. The smallest absolute Gasteiger partial charge is 0.164 e. The van der Waals surface area contributed by atoms with Crippen molar-refractivity contribution in [3.8, 4) is 39.9 Å². The van der Waals surface area contributed by atoms with Crippen molar-refractivity contribution in [2.45, 2.75) is 5.41 Å². The third-order valence-electron chi connectivity index (χ3n) is 9.99. The number of benzene rings is 5. The lowest BCUT2D eigenvalue weighted by Gasteiger charge is -2.40. The summed E-state index contributed by atoms with van der Waals surface area (Å²) in [7, 11) is 0. The van der Waals surface area contributed by atoms with Gasteiger partial charge in [0.15, 0.2) is 17.5 Å². The van der Waals surface area contributed by atoms with Crippen molar-refractivity contribution in [3.63, 3.8) is 0 Å². The maximum atomic E-state index is 5.29. The molecule has 9 aromatic rings.